The number of imide groups is 1. The lowest BCUT2D eigenvalue weighted by Crippen LogP contribution is -2.67. The van der Waals surface area contributed by atoms with Crippen LogP contribution in [-0.2, 0) is 19.1 Å². The van der Waals surface area contributed by atoms with Gasteiger partial charge in [-0.05, 0) is 54.6 Å². The molecule has 2 fully saturated rings. The molecule has 3 aliphatic rings. The van der Waals surface area contributed by atoms with Gasteiger partial charge in [-0.1, -0.05) is 48.5 Å². The molecular formula is C27H25F3N2O4. The first-order valence-corrected chi connectivity index (χ1v) is 11.7. The van der Waals surface area contributed by atoms with E-state index in [1.165, 1.54) is 7.05 Å². The number of hydrogen-bond acceptors (Lipinski definition) is 5. The smallest absolute Gasteiger partial charge is 0.417 e. The van der Waals surface area contributed by atoms with Crippen LogP contribution in [0.5, 0.6) is 0 Å². The highest BCUT2D eigenvalue weighted by Gasteiger charge is 2.69. The standard InChI is InChI=1S/C27H25F3N2O4/c1-31-15-21-18(16-9-5-3-6-10-16)13-19-22(20(21)14-26(31,25(35)36-2)27(28,29)30)24(34)32(23(19)33)17-11-7-4-8-12-17/h3-12,19-20,22H,13-15H2,1-2H3/t19-,20+,22-,26-/m1/s1. The zero-order valence-corrected chi connectivity index (χ0v) is 19.8. The summed E-state index contributed by atoms with van der Waals surface area (Å²) >= 11 is 0. The fourth-order valence-corrected chi connectivity index (χ4v) is 6.16. The number of fused-ring (bicyclic) bond motifs is 3. The molecule has 5 rings (SSSR count). The minimum Gasteiger partial charge on any atom is -0.467 e. The van der Waals surface area contributed by atoms with E-state index in [0.717, 1.165) is 28.0 Å². The molecule has 2 saturated heterocycles. The van der Waals surface area contributed by atoms with E-state index in [2.05, 4.69) is 4.74 Å². The molecule has 2 amide bonds. The largest absolute Gasteiger partial charge is 0.467 e. The molecule has 0 aromatic heterocycles. The van der Waals surface area contributed by atoms with Gasteiger partial charge in [-0.3, -0.25) is 19.4 Å². The first kappa shape index (κ1) is 24.2. The predicted molar refractivity (Wildman–Crippen MR) is 125 cm³/mol. The molecule has 6 nitrogen and oxygen atoms in total. The van der Waals surface area contributed by atoms with Gasteiger partial charge in [-0.2, -0.15) is 13.2 Å². The van der Waals surface area contributed by atoms with Crippen LogP contribution in [0, 0.1) is 17.8 Å². The summed E-state index contributed by atoms with van der Waals surface area (Å²) in [4.78, 5) is 42.1. The lowest BCUT2D eigenvalue weighted by atomic mass is 9.62. The maximum Gasteiger partial charge on any atom is 0.417 e. The Labute approximate surface area is 206 Å². The number of amides is 2. The molecule has 0 spiro atoms. The van der Waals surface area contributed by atoms with Gasteiger partial charge < -0.3 is 4.74 Å². The Hall–Kier alpha value is -3.46. The molecule has 0 N–H and O–H groups in total. The topological polar surface area (TPSA) is 66.9 Å². The second-order valence-electron chi connectivity index (χ2n) is 9.57. The van der Waals surface area contributed by atoms with Crippen LogP contribution in [0.1, 0.15) is 18.4 Å². The number of nitrogens with zero attached hydrogens (tertiary/aromatic N) is 2. The first-order chi connectivity index (χ1) is 17.1. The molecule has 188 valence electrons. The number of carbonyl (C=O) groups is 3. The molecule has 36 heavy (non-hydrogen) atoms. The van der Waals surface area contributed by atoms with Crippen LogP contribution >= 0.6 is 0 Å². The van der Waals surface area contributed by atoms with Crippen molar-refractivity contribution >= 4 is 29.0 Å². The number of likely N-dealkylation sites (N-methyl/N-ethyl adjacent to an activating group) is 1. The van der Waals surface area contributed by atoms with E-state index < -0.39 is 53.7 Å². The third kappa shape index (κ3) is 3.40. The number of likely N-dealkylation sites (tertiary alicyclic amines) is 1. The summed E-state index contributed by atoms with van der Waals surface area (Å²) in [7, 11) is 2.18. The van der Waals surface area contributed by atoms with Crippen molar-refractivity contribution in [1.82, 2.24) is 4.90 Å². The van der Waals surface area contributed by atoms with Crippen LogP contribution in [0.4, 0.5) is 18.9 Å². The molecule has 0 bridgehead atoms. The van der Waals surface area contributed by atoms with Gasteiger partial charge in [0.05, 0.1) is 24.6 Å². The molecule has 2 heterocycles. The van der Waals surface area contributed by atoms with Gasteiger partial charge in [0.15, 0.2) is 0 Å². The van der Waals surface area contributed by atoms with Crippen LogP contribution < -0.4 is 4.90 Å². The van der Waals surface area contributed by atoms with Crippen molar-refractivity contribution in [2.75, 3.05) is 25.6 Å². The normalized spacial score (nSPS) is 28.7. The molecule has 9 heteroatoms. The molecule has 4 atom stereocenters. The van der Waals surface area contributed by atoms with Gasteiger partial charge in [0.2, 0.25) is 17.4 Å². The second-order valence-corrected chi connectivity index (χ2v) is 9.57. The maximum atomic E-state index is 14.6. The number of esters is 1. The fourth-order valence-electron chi connectivity index (χ4n) is 6.16. The average molecular weight is 499 g/mol. The van der Waals surface area contributed by atoms with E-state index in [-0.39, 0.29) is 13.0 Å². The van der Waals surface area contributed by atoms with Gasteiger partial charge in [-0.25, -0.2) is 4.79 Å². The van der Waals surface area contributed by atoms with E-state index in [0.29, 0.717) is 11.3 Å². The summed E-state index contributed by atoms with van der Waals surface area (Å²) in [5, 5.41) is 0. The first-order valence-electron chi connectivity index (χ1n) is 11.7. The van der Waals surface area contributed by atoms with E-state index in [9.17, 15) is 27.6 Å². The molecule has 2 aromatic rings. The summed E-state index contributed by atoms with van der Waals surface area (Å²) in [5.41, 5.74) is -0.341. The minimum atomic E-state index is -4.95. The summed E-state index contributed by atoms with van der Waals surface area (Å²) in [6.45, 7) is -0.181. The number of alkyl halides is 3. The van der Waals surface area contributed by atoms with Crippen molar-refractivity contribution in [2.24, 2.45) is 17.8 Å². The number of allylic oxidation sites excluding steroid dienone is 1. The van der Waals surface area contributed by atoms with Crippen molar-refractivity contribution in [1.29, 1.82) is 0 Å². The number of carbonyl (C=O) groups excluding carboxylic acids is 3. The van der Waals surface area contributed by atoms with Crippen LogP contribution in [0.2, 0.25) is 0 Å². The fraction of sp³-hybridized carbons (Fsp3) is 0.370. The van der Waals surface area contributed by atoms with Gasteiger partial charge in [-0.15, -0.1) is 0 Å². The zero-order valence-electron chi connectivity index (χ0n) is 19.8. The summed E-state index contributed by atoms with van der Waals surface area (Å²) < 4.78 is 48.5. The SMILES string of the molecule is COC(=O)[C@@]1(C(F)(F)F)C[C@H]2C(=C(c3ccccc3)C[C@H]3C(=O)N(c4ccccc4)C(=O)[C@H]32)CN1C. The molecule has 2 aromatic carbocycles. The van der Waals surface area contributed by atoms with Crippen LogP contribution in [0.25, 0.3) is 5.57 Å². The number of benzene rings is 2. The van der Waals surface area contributed by atoms with E-state index in [1.54, 1.807) is 30.3 Å². The quantitative estimate of drug-likeness (QED) is 0.472. The van der Waals surface area contributed by atoms with E-state index in [1.807, 2.05) is 30.3 Å². The number of hydrogen-bond donors (Lipinski definition) is 0. The Morgan fingerprint density at radius 2 is 1.58 bits per heavy atom. The number of anilines is 1. The van der Waals surface area contributed by atoms with Gasteiger partial charge in [0.1, 0.15) is 0 Å². The van der Waals surface area contributed by atoms with Crippen molar-refractivity contribution in [3.8, 4) is 0 Å². The third-order valence-corrected chi connectivity index (χ3v) is 7.87. The number of rotatable bonds is 3. The van der Waals surface area contributed by atoms with Crippen LogP contribution in [0.15, 0.2) is 66.2 Å². The molecule has 0 saturated carbocycles. The van der Waals surface area contributed by atoms with Crippen molar-refractivity contribution in [3.63, 3.8) is 0 Å². The van der Waals surface area contributed by atoms with Crippen molar-refractivity contribution < 1.29 is 32.3 Å². The highest BCUT2D eigenvalue weighted by Crippen LogP contribution is 2.56. The lowest BCUT2D eigenvalue weighted by molar-refractivity contribution is -0.245. The second kappa shape index (κ2) is 8.58. The Morgan fingerprint density at radius 3 is 2.17 bits per heavy atom. The number of halogens is 3. The monoisotopic (exact) mass is 498 g/mol. The maximum absolute atomic E-state index is 14.6. The zero-order chi connectivity index (χ0) is 25.8. The molecule has 0 radical (unpaired) electrons. The van der Waals surface area contributed by atoms with Crippen LogP contribution in [0.3, 0.4) is 0 Å². The van der Waals surface area contributed by atoms with E-state index >= 15 is 0 Å². The lowest BCUT2D eigenvalue weighted by Gasteiger charge is -2.50. The van der Waals surface area contributed by atoms with Crippen molar-refractivity contribution in [3.05, 3.63) is 71.8 Å². The number of para-hydroxylation sites is 1. The number of ether oxygens (including phenoxy) is 1. The highest BCUT2D eigenvalue weighted by molar-refractivity contribution is 6.23. The number of piperidine rings is 1. The molecule has 0 unspecified atom stereocenters. The summed E-state index contributed by atoms with van der Waals surface area (Å²) in [6.07, 6.45) is -5.42. The summed E-state index contributed by atoms with van der Waals surface area (Å²) in [6, 6.07) is 17.6. The molecule has 2 aliphatic heterocycles. The van der Waals surface area contributed by atoms with Gasteiger partial charge in [0.25, 0.3) is 0 Å². The van der Waals surface area contributed by atoms with Gasteiger partial charge in [0, 0.05) is 6.54 Å². The Kier molecular flexibility index (Phi) is 5.78. The minimum absolute atomic E-state index is 0.181. The van der Waals surface area contributed by atoms with E-state index in [4.69, 9.17) is 0 Å². The Bertz CT molecular complexity index is 1240. The molecule has 1 aliphatic carbocycles. The number of methoxy groups -OCH3 is 1. The average Bonchev–Trinajstić information content (AvgIpc) is 3.12. The molecular weight excluding hydrogens is 473 g/mol. The Balaban J connectivity index is 1.68. The summed E-state index contributed by atoms with van der Waals surface area (Å²) in [5.74, 6) is -5.17. The predicted octanol–water partition coefficient (Wildman–Crippen LogP) is 4.08. The highest BCUT2D eigenvalue weighted by atomic mass is 19.4. The Morgan fingerprint density at radius 1 is 0.972 bits per heavy atom. The third-order valence-electron chi connectivity index (χ3n) is 7.87. The van der Waals surface area contributed by atoms with Crippen molar-refractivity contribution in [2.45, 2.75) is 24.6 Å². The van der Waals surface area contributed by atoms with Gasteiger partial charge >= 0.3 is 12.1 Å². The van der Waals surface area contributed by atoms with Crippen LogP contribution in [-0.4, -0.2) is 55.1 Å².